The van der Waals surface area contributed by atoms with Crippen LogP contribution in [0.15, 0.2) is 30.3 Å². The van der Waals surface area contributed by atoms with Crippen LogP contribution >= 0.6 is 0 Å². The van der Waals surface area contributed by atoms with E-state index >= 15 is 0 Å². The predicted molar refractivity (Wildman–Crippen MR) is 80.3 cm³/mol. The number of rotatable bonds is 6. The molecule has 1 aromatic carbocycles. The fourth-order valence-corrected chi connectivity index (χ4v) is 2.44. The van der Waals surface area contributed by atoms with Gasteiger partial charge in [-0.15, -0.1) is 0 Å². The predicted octanol–water partition coefficient (Wildman–Crippen LogP) is 1.47. The number of aliphatic hydroxyl groups excluding tert-OH is 1. The van der Waals surface area contributed by atoms with Gasteiger partial charge in [-0.25, -0.2) is 0 Å². The third-order valence-corrected chi connectivity index (χ3v) is 3.77. The average Bonchev–Trinajstić information content (AvgIpc) is 2.54. The molecular weight excluding hydrogens is 268 g/mol. The summed E-state index contributed by atoms with van der Waals surface area (Å²) in [5.74, 6) is 0.0920. The second-order valence-electron chi connectivity index (χ2n) is 5.35. The van der Waals surface area contributed by atoms with Gasteiger partial charge in [0.2, 0.25) is 12.3 Å². The van der Waals surface area contributed by atoms with Crippen LogP contribution in [0, 0.1) is 0 Å². The number of ether oxygens (including phenoxy) is 1. The highest BCUT2D eigenvalue weighted by Crippen LogP contribution is 2.14. The Morgan fingerprint density at radius 2 is 2.05 bits per heavy atom. The topological polar surface area (TPSA) is 61.8 Å². The van der Waals surface area contributed by atoms with E-state index in [1.807, 2.05) is 42.2 Å². The molecule has 0 aliphatic carbocycles. The Balaban J connectivity index is 1.70. The summed E-state index contributed by atoms with van der Waals surface area (Å²) in [7, 11) is 0. The van der Waals surface area contributed by atoms with Gasteiger partial charge < -0.3 is 15.2 Å². The molecule has 1 unspecified atom stereocenters. The maximum atomic E-state index is 11.4. The van der Waals surface area contributed by atoms with Crippen LogP contribution in [0.25, 0.3) is 0 Å². The number of nitrogens with zero attached hydrogens (tertiary/aromatic N) is 1. The lowest BCUT2D eigenvalue weighted by Crippen LogP contribution is -2.48. The molecule has 5 heteroatoms. The summed E-state index contributed by atoms with van der Waals surface area (Å²) in [5.41, 5.74) is 1.04. The molecule has 0 aromatic heterocycles. The molecule has 1 amide bonds. The van der Waals surface area contributed by atoms with Crippen LogP contribution in [0.1, 0.15) is 31.7 Å². The minimum atomic E-state index is -0.881. The molecular formula is C16H24N2O3. The van der Waals surface area contributed by atoms with E-state index in [9.17, 15) is 9.90 Å². The fraction of sp³-hybridized carbons (Fsp3) is 0.562. The molecule has 0 bridgehead atoms. The van der Waals surface area contributed by atoms with Crippen LogP contribution in [0.4, 0.5) is 0 Å². The number of nitrogens with one attached hydrogen (secondary N) is 1. The Labute approximate surface area is 125 Å². The van der Waals surface area contributed by atoms with Crippen molar-refractivity contribution in [1.82, 2.24) is 10.2 Å². The van der Waals surface area contributed by atoms with Crippen LogP contribution in [-0.4, -0.2) is 41.5 Å². The van der Waals surface area contributed by atoms with Gasteiger partial charge in [-0.3, -0.25) is 9.69 Å². The van der Waals surface area contributed by atoms with E-state index in [1.165, 1.54) is 0 Å². The Bertz CT molecular complexity index is 430. The van der Waals surface area contributed by atoms with Crippen molar-refractivity contribution in [2.75, 3.05) is 13.1 Å². The molecule has 2 rings (SSSR count). The first-order valence-corrected chi connectivity index (χ1v) is 7.56. The summed E-state index contributed by atoms with van der Waals surface area (Å²) < 4.78 is 5.50. The normalized spacial score (nSPS) is 18.4. The first-order chi connectivity index (χ1) is 10.2. The van der Waals surface area contributed by atoms with Crippen molar-refractivity contribution >= 4 is 5.91 Å². The summed E-state index contributed by atoms with van der Waals surface area (Å²) in [5, 5.41) is 13.1. The van der Waals surface area contributed by atoms with E-state index in [2.05, 4.69) is 5.32 Å². The molecule has 2 N–H and O–H groups in total. The number of benzene rings is 1. The van der Waals surface area contributed by atoms with Gasteiger partial charge in [0.25, 0.3) is 0 Å². The van der Waals surface area contributed by atoms with E-state index < -0.39 is 6.41 Å². The standard InChI is InChI=1S/C16H24N2O3/c1-2-15(19)17-14-8-10-18(11-9-14)16(20)21-12-13-6-4-3-5-7-13/h3-7,14,16,20H,2,8-12H2,1H3,(H,17,19). The van der Waals surface area contributed by atoms with Gasteiger partial charge in [-0.05, 0) is 18.4 Å². The van der Waals surface area contributed by atoms with Gasteiger partial charge in [0.05, 0.1) is 6.61 Å². The highest BCUT2D eigenvalue weighted by Gasteiger charge is 2.24. The summed E-state index contributed by atoms with van der Waals surface area (Å²) >= 11 is 0. The molecule has 1 atom stereocenters. The maximum Gasteiger partial charge on any atom is 0.219 e. The lowest BCUT2D eigenvalue weighted by Gasteiger charge is -2.34. The maximum absolute atomic E-state index is 11.4. The van der Waals surface area contributed by atoms with Crippen molar-refractivity contribution in [1.29, 1.82) is 0 Å². The molecule has 0 spiro atoms. The minimum absolute atomic E-state index is 0.0920. The first kappa shape index (κ1) is 15.9. The van der Waals surface area contributed by atoms with E-state index in [1.54, 1.807) is 0 Å². The molecule has 0 saturated carbocycles. The Kier molecular flexibility index (Phi) is 6.17. The quantitative estimate of drug-likeness (QED) is 0.780. The SMILES string of the molecule is CCC(=O)NC1CCN(C(O)OCc2ccccc2)CC1. The number of carbonyl (C=O) groups is 1. The highest BCUT2D eigenvalue weighted by molar-refractivity contribution is 5.75. The van der Waals surface area contributed by atoms with Gasteiger partial charge in [0.1, 0.15) is 0 Å². The van der Waals surface area contributed by atoms with Crippen LogP contribution < -0.4 is 5.32 Å². The van der Waals surface area contributed by atoms with Gasteiger partial charge in [0.15, 0.2) is 0 Å². The van der Waals surface area contributed by atoms with Gasteiger partial charge in [-0.2, -0.15) is 0 Å². The van der Waals surface area contributed by atoms with Crippen molar-refractivity contribution in [2.45, 2.75) is 45.2 Å². The third kappa shape index (κ3) is 5.12. The van der Waals surface area contributed by atoms with E-state index in [0.29, 0.717) is 13.0 Å². The Hall–Kier alpha value is -1.43. The first-order valence-electron chi connectivity index (χ1n) is 7.56. The van der Waals surface area contributed by atoms with Crippen molar-refractivity contribution in [3.8, 4) is 0 Å². The smallest absolute Gasteiger partial charge is 0.219 e. The van der Waals surface area contributed by atoms with Crippen molar-refractivity contribution in [3.63, 3.8) is 0 Å². The lowest BCUT2D eigenvalue weighted by atomic mass is 10.1. The van der Waals surface area contributed by atoms with Gasteiger partial charge >= 0.3 is 0 Å². The number of likely N-dealkylation sites (tertiary alicyclic amines) is 1. The van der Waals surface area contributed by atoms with E-state index in [0.717, 1.165) is 31.5 Å². The van der Waals surface area contributed by atoms with Crippen LogP contribution in [0.2, 0.25) is 0 Å². The van der Waals surface area contributed by atoms with Gasteiger partial charge in [-0.1, -0.05) is 37.3 Å². The molecule has 1 aliphatic rings. The van der Waals surface area contributed by atoms with Crippen LogP contribution in [0.5, 0.6) is 0 Å². The second kappa shape index (κ2) is 8.12. The summed E-state index contributed by atoms with van der Waals surface area (Å²) in [6, 6.07) is 10.0. The zero-order chi connectivity index (χ0) is 15.1. The Morgan fingerprint density at radius 1 is 1.38 bits per heavy atom. The highest BCUT2D eigenvalue weighted by atomic mass is 16.6. The average molecular weight is 292 g/mol. The number of amides is 1. The zero-order valence-electron chi connectivity index (χ0n) is 12.5. The fourth-order valence-electron chi connectivity index (χ4n) is 2.44. The van der Waals surface area contributed by atoms with E-state index in [-0.39, 0.29) is 11.9 Å². The summed E-state index contributed by atoms with van der Waals surface area (Å²) in [6.07, 6.45) is 1.32. The Morgan fingerprint density at radius 3 is 2.67 bits per heavy atom. The molecule has 5 nitrogen and oxygen atoms in total. The molecule has 0 radical (unpaired) electrons. The van der Waals surface area contributed by atoms with E-state index in [4.69, 9.17) is 4.74 Å². The summed E-state index contributed by atoms with van der Waals surface area (Å²) in [6.45, 7) is 3.70. The van der Waals surface area contributed by atoms with Crippen molar-refractivity contribution in [3.05, 3.63) is 35.9 Å². The number of piperidine rings is 1. The molecule has 1 saturated heterocycles. The molecule has 1 aromatic rings. The molecule has 116 valence electrons. The molecule has 21 heavy (non-hydrogen) atoms. The zero-order valence-corrected chi connectivity index (χ0v) is 12.5. The number of hydrogen-bond donors (Lipinski definition) is 2. The van der Waals surface area contributed by atoms with Crippen LogP contribution in [-0.2, 0) is 16.1 Å². The van der Waals surface area contributed by atoms with Gasteiger partial charge in [0, 0.05) is 25.6 Å². The largest absolute Gasteiger partial charge is 0.356 e. The van der Waals surface area contributed by atoms with Crippen molar-refractivity contribution < 1.29 is 14.6 Å². The lowest BCUT2D eigenvalue weighted by molar-refractivity contribution is -0.204. The second-order valence-corrected chi connectivity index (χ2v) is 5.35. The van der Waals surface area contributed by atoms with Crippen molar-refractivity contribution in [2.24, 2.45) is 0 Å². The number of aliphatic hydroxyl groups is 1. The molecule has 1 fully saturated rings. The number of hydrogen-bond acceptors (Lipinski definition) is 4. The summed E-state index contributed by atoms with van der Waals surface area (Å²) in [4.78, 5) is 13.3. The third-order valence-electron chi connectivity index (χ3n) is 3.77. The minimum Gasteiger partial charge on any atom is -0.356 e. The number of carbonyl (C=O) groups excluding carboxylic acids is 1. The monoisotopic (exact) mass is 292 g/mol. The molecule has 1 aliphatic heterocycles. The molecule has 1 heterocycles. The van der Waals surface area contributed by atoms with Crippen LogP contribution in [0.3, 0.4) is 0 Å².